The third kappa shape index (κ3) is 4.81. The Balaban J connectivity index is 1.42. The molecular weight excluding hydrogens is 469 g/mol. The van der Waals surface area contributed by atoms with Gasteiger partial charge in [-0.15, -0.1) is 5.10 Å². The van der Waals surface area contributed by atoms with E-state index in [1.807, 2.05) is 18.2 Å². The topological polar surface area (TPSA) is 84.2 Å². The van der Waals surface area contributed by atoms with Gasteiger partial charge in [0.25, 0.3) is 0 Å². The van der Waals surface area contributed by atoms with E-state index in [9.17, 15) is 21.6 Å². The van der Waals surface area contributed by atoms with Gasteiger partial charge >= 0.3 is 6.18 Å². The molecule has 172 valence electrons. The van der Waals surface area contributed by atoms with Crippen LogP contribution in [0, 0.1) is 0 Å². The number of hydrogen-bond donors (Lipinski definition) is 0. The first kappa shape index (κ1) is 22.7. The molecule has 0 spiro atoms. The van der Waals surface area contributed by atoms with E-state index in [1.165, 1.54) is 4.31 Å². The van der Waals surface area contributed by atoms with Crippen molar-refractivity contribution in [3.8, 4) is 0 Å². The van der Waals surface area contributed by atoms with E-state index in [-0.39, 0.29) is 36.2 Å². The molecule has 1 aromatic carbocycles. The van der Waals surface area contributed by atoms with Crippen molar-refractivity contribution >= 4 is 38.5 Å². The molecule has 0 atom stereocenters. The molecule has 0 amide bonds. The minimum Gasteiger partial charge on any atom is -0.354 e. The van der Waals surface area contributed by atoms with E-state index < -0.39 is 21.8 Å². The summed E-state index contributed by atoms with van der Waals surface area (Å²) in [4.78, 5) is 5.59. The van der Waals surface area contributed by atoms with Gasteiger partial charge in [-0.3, -0.25) is 0 Å². The number of pyridine rings is 1. The highest BCUT2D eigenvalue weighted by molar-refractivity contribution is 7.89. The fourth-order valence-corrected chi connectivity index (χ4v) is 5.33. The molecule has 3 aromatic rings. The minimum absolute atomic E-state index is 0.116. The standard InChI is InChI=1S/C19H20ClF3N6O2S/c20-15-12-14(19(21,22)23)13-24-18(15)27-6-3-7-28(9-8-27)32(30,31)11-10-29-17-5-2-1-4-16(17)25-26-29/h1-2,4-5,12-13H,3,6-11H2. The second kappa shape index (κ2) is 8.83. The molecule has 1 aliphatic rings. The second-order valence-electron chi connectivity index (χ2n) is 7.38. The molecule has 0 unspecified atom stereocenters. The van der Waals surface area contributed by atoms with Crippen LogP contribution in [0.5, 0.6) is 0 Å². The lowest BCUT2D eigenvalue weighted by molar-refractivity contribution is -0.137. The van der Waals surface area contributed by atoms with Crippen molar-refractivity contribution in [2.75, 3.05) is 36.8 Å². The molecule has 32 heavy (non-hydrogen) atoms. The lowest BCUT2D eigenvalue weighted by atomic mass is 10.2. The Labute approximate surface area is 187 Å². The fraction of sp³-hybridized carbons (Fsp3) is 0.421. The number of nitrogens with zero attached hydrogens (tertiary/aromatic N) is 6. The summed E-state index contributed by atoms with van der Waals surface area (Å²) in [5.41, 5.74) is 0.523. The molecule has 0 N–H and O–H groups in total. The van der Waals surface area contributed by atoms with Crippen LogP contribution >= 0.6 is 11.6 Å². The minimum atomic E-state index is -4.53. The molecule has 1 aliphatic heterocycles. The van der Waals surface area contributed by atoms with E-state index in [1.54, 1.807) is 15.6 Å². The van der Waals surface area contributed by atoms with Gasteiger partial charge in [-0.1, -0.05) is 28.9 Å². The molecule has 1 saturated heterocycles. The number of para-hydroxylation sites is 1. The van der Waals surface area contributed by atoms with Gasteiger partial charge in [0, 0.05) is 32.4 Å². The highest BCUT2D eigenvalue weighted by atomic mass is 35.5. The van der Waals surface area contributed by atoms with Crippen molar-refractivity contribution in [3.63, 3.8) is 0 Å². The van der Waals surface area contributed by atoms with E-state index in [0.717, 1.165) is 17.8 Å². The maximum atomic E-state index is 12.9. The second-order valence-corrected chi connectivity index (χ2v) is 9.88. The molecule has 0 bridgehead atoms. The SMILES string of the molecule is O=S(=O)(CCn1nnc2ccccc21)N1CCCN(c2ncc(C(F)(F)F)cc2Cl)CC1. The molecule has 8 nitrogen and oxygen atoms in total. The average Bonchev–Trinajstić information content (AvgIpc) is 2.98. The predicted molar refractivity (Wildman–Crippen MR) is 114 cm³/mol. The van der Waals surface area contributed by atoms with E-state index in [2.05, 4.69) is 15.3 Å². The van der Waals surface area contributed by atoms with Crippen LogP contribution in [0.1, 0.15) is 12.0 Å². The summed E-state index contributed by atoms with van der Waals surface area (Å²) < 4.78 is 67.3. The van der Waals surface area contributed by atoms with Gasteiger partial charge < -0.3 is 4.90 Å². The van der Waals surface area contributed by atoms with E-state index in [0.29, 0.717) is 25.0 Å². The number of aromatic nitrogens is 4. The maximum Gasteiger partial charge on any atom is 0.417 e. The molecule has 2 aromatic heterocycles. The Morgan fingerprint density at radius 3 is 2.62 bits per heavy atom. The Kier molecular flexibility index (Phi) is 6.28. The zero-order chi connectivity index (χ0) is 22.9. The number of hydrogen-bond acceptors (Lipinski definition) is 6. The van der Waals surface area contributed by atoms with Crippen LogP contribution in [0.4, 0.5) is 19.0 Å². The van der Waals surface area contributed by atoms with Crippen molar-refractivity contribution in [2.45, 2.75) is 19.1 Å². The summed E-state index contributed by atoms with van der Waals surface area (Å²) in [7, 11) is -3.58. The van der Waals surface area contributed by atoms with Crippen LogP contribution in [0.15, 0.2) is 36.5 Å². The zero-order valence-corrected chi connectivity index (χ0v) is 18.4. The van der Waals surface area contributed by atoms with Gasteiger partial charge in [0.2, 0.25) is 10.0 Å². The third-order valence-electron chi connectivity index (χ3n) is 5.28. The van der Waals surface area contributed by atoms with Gasteiger partial charge in [-0.05, 0) is 24.6 Å². The van der Waals surface area contributed by atoms with Crippen LogP contribution in [-0.4, -0.2) is 64.6 Å². The summed E-state index contributed by atoms with van der Waals surface area (Å²) in [6.07, 6.45) is -3.30. The summed E-state index contributed by atoms with van der Waals surface area (Å²) in [5.74, 6) is 0.0765. The van der Waals surface area contributed by atoms with Crippen LogP contribution in [0.25, 0.3) is 11.0 Å². The highest BCUT2D eigenvalue weighted by Gasteiger charge is 2.32. The molecular formula is C19H20ClF3N6O2S. The molecule has 3 heterocycles. The third-order valence-corrected chi connectivity index (χ3v) is 7.41. The van der Waals surface area contributed by atoms with Crippen LogP contribution in [0.2, 0.25) is 5.02 Å². The smallest absolute Gasteiger partial charge is 0.354 e. The summed E-state index contributed by atoms with van der Waals surface area (Å²) in [6, 6.07) is 8.13. The van der Waals surface area contributed by atoms with Crippen LogP contribution in [0.3, 0.4) is 0 Å². The summed E-state index contributed by atoms with van der Waals surface area (Å²) in [5, 5.41) is 7.93. The number of rotatable bonds is 5. The first-order valence-corrected chi connectivity index (χ1v) is 11.9. The zero-order valence-electron chi connectivity index (χ0n) is 16.8. The predicted octanol–water partition coefficient (Wildman–Crippen LogP) is 3.04. The monoisotopic (exact) mass is 488 g/mol. The van der Waals surface area contributed by atoms with Crippen molar-refractivity contribution in [1.82, 2.24) is 24.3 Å². The highest BCUT2D eigenvalue weighted by Crippen LogP contribution is 2.33. The van der Waals surface area contributed by atoms with Gasteiger partial charge in [-0.25, -0.2) is 22.4 Å². The van der Waals surface area contributed by atoms with Gasteiger partial charge in [-0.2, -0.15) is 13.2 Å². The fourth-order valence-electron chi connectivity index (χ4n) is 3.62. The maximum absolute atomic E-state index is 12.9. The lowest BCUT2D eigenvalue weighted by Crippen LogP contribution is -2.37. The summed E-state index contributed by atoms with van der Waals surface area (Å²) in [6.45, 7) is 1.34. The van der Waals surface area contributed by atoms with Crippen LogP contribution in [-0.2, 0) is 22.7 Å². The number of anilines is 1. The largest absolute Gasteiger partial charge is 0.417 e. The van der Waals surface area contributed by atoms with Crippen molar-refractivity contribution < 1.29 is 21.6 Å². The Morgan fingerprint density at radius 1 is 1.09 bits per heavy atom. The van der Waals surface area contributed by atoms with Crippen molar-refractivity contribution in [1.29, 1.82) is 0 Å². The molecule has 1 fully saturated rings. The number of halogens is 4. The number of sulfonamides is 1. The Bertz CT molecular complexity index is 1220. The molecule has 0 saturated carbocycles. The Hall–Kier alpha value is -2.44. The van der Waals surface area contributed by atoms with Gasteiger partial charge in [0.1, 0.15) is 11.3 Å². The molecule has 4 rings (SSSR count). The lowest BCUT2D eigenvalue weighted by Gasteiger charge is -2.24. The van der Waals surface area contributed by atoms with Gasteiger partial charge in [0.05, 0.1) is 28.4 Å². The normalized spacial score (nSPS) is 16.4. The quantitative estimate of drug-likeness (QED) is 0.549. The summed E-state index contributed by atoms with van der Waals surface area (Å²) >= 11 is 6.05. The number of aryl methyl sites for hydroxylation is 1. The molecule has 0 aliphatic carbocycles. The first-order valence-electron chi connectivity index (χ1n) is 9.89. The van der Waals surface area contributed by atoms with Crippen LogP contribution < -0.4 is 4.90 Å². The van der Waals surface area contributed by atoms with E-state index >= 15 is 0 Å². The van der Waals surface area contributed by atoms with Crippen molar-refractivity contribution in [2.24, 2.45) is 0 Å². The van der Waals surface area contributed by atoms with Gasteiger partial charge in [0.15, 0.2) is 0 Å². The number of benzene rings is 1. The Morgan fingerprint density at radius 2 is 1.88 bits per heavy atom. The first-order chi connectivity index (χ1) is 15.1. The number of fused-ring (bicyclic) bond motifs is 1. The average molecular weight is 489 g/mol. The van der Waals surface area contributed by atoms with E-state index in [4.69, 9.17) is 11.6 Å². The van der Waals surface area contributed by atoms with Crippen molar-refractivity contribution in [3.05, 3.63) is 47.1 Å². The number of alkyl halides is 3. The molecule has 13 heteroatoms. The molecule has 0 radical (unpaired) electrons.